The van der Waals surface area contributed by atoms with E-state index >= 15 is 0 Å². The molecule has 0 saturated heterocycles. The molecule has 19 heavy (non-hydrogen) atoms. The number of nitrogens with two attached hydrogens (primary N) is 1. The highest BCUT2D eigenvalue weighted by Crippen LogP contribution is 2.25. The van der Waals surface area contributed by atoms with Crippen LogP contribution in [0.25, 0.3) is 0 Å². The molecule has 2 N–H and O–H groups in total. The van der Waals surface area contributed by atoms with Crippen LogP contribution in [-0.2, 0) is 6.42 Å². The van der Waals surface area contributed by atoms with E-state index in [0.29, 0.717) is 21.2 Å². The lowest BCUT2D eigenvalue weighted by Crippen LogP contribution is -2.15. The van der Waals surface area contributed by atoms with Crippen LogP contribution < -0.4 is 5.73 Å². The molecule has 2 aromatic carbocycles. The van der Waals surface area contributed by atoms with Gasteiger partial charge in [0.25, 0.3) is 0 Å². The van der Waals surface area contributed by atoms with Gasteiger partial charge < -0.3 is 5.73 Å². The summed E-state index contributed by atoms with van der Waals surface area (Å²) in [7, 11) is 0. The smallest absolute Gasteiger partial charge is 0.129 e. The quantitative estimate of drug-likeness (QED) is 0.886. The van der Waals surface area contributed by atoms with Crippen LogP contribution in [0.3, 0.4) is 0 Å². The Morgan fingerprint density at radius 1 is 1.05 bits per heavy atom. The molecule has 0 amide bonds. The monoisotopic (exact) mass is 301 g/mol. The van der Waals surface area contributed by atoms with Crippen LogP contribution in [-0.4, -0.2) is 0 Å². The van der Waals surface area contributed by atoms with Crippen molar-refractivity contribution in [2.24, 2.45) is 5.73 Å². The molecule has 0 aromatic heterocycles. The Bertz CT molecular complexity index is 602. The summed E-state index contributed by atoms with van der Waals surface area (Å²) in [5.41, 5.74) is 6.80. The van der Waals surface area contributed by atoms with Crippen molar-refractivity contribution in [1.29, 1.82) is 0 Å². The summed E-state index contributed by atoms with van der Waals surface area (Å²) in [4.78, 5) is 0. The highest BCUT2D eigenvalue weighted by Gasteiger charge is 2.14. The molecular weight excluding hydrogens is 291 g/mol. The Kier molecular flexibility index (Phi) is 4.40. The first-order valence-electron chi connectivity index (χ1n) is 5.62. The molecule has 0 bridgehead atoms. The summed E-state index contributed by atoms with van der Waals surface area (Å²) in [6, 6.07) is 7.69. The van der Waals surface area contributed by atoms with Crippen molar-refractivity contribution >= 4 is 23.2 Å². The van der Waals surface area contributed by atoms with E-state index in [0.717, 1.165) is 0 Å². The van der Waals surface area contributed by atoms with Crippen molar-refractivity contribution in [3.63, 3.8) is 0 Å². The average Bonchev–Trinajstić information content (AvgIpc) is 2.33. The van der Waals surface area contributed by atoms with Gasteiger partial charge in [0.1, 0.15) is 11.6 Å². The van der Waals surface area contributed by atoms with Crippen LogP contribution in [0.4, 0.5) is 8.78 Å². The predicted molar refractivity (Wildman–Crippen MR) is 73.5 cm³/mol. The number of benzene rings is 2. The van der Waals surface area contributed by atoms with Gasteiger partial charge in [-0.25, -0.2) is 8.78 Å². The molecule has 1 atom stereocenters. The zero-order valence-electron chi connectivity index (χ0n) is 9.84. The van der Waals surface area contributed by atoms with Gasteiger partial charge in [-0.05, 0) is 42.3 Å². The third kappa shape index (κ3) is 3.44. The lowest BCUT2D eigenvalue weighted by atomic mass is 9.99. The molecule has 0 heterocycles. The van der Waals surface area contributed by atoms with Gasteiger partial charge in [0, 0.05) is 21.7 Å². The minimum absolute atomic E-state index is 0.245. The van der Waals surface area contributed by atoms with E-state index in [1.54, 1.807) is 6.07 Å². The lowest BCUT2D eigenvalue weighted by Gasteiger charge is -2.14. The van der Waals surface area contributed by atoms with Gasteiger partial charge in [0.15, 0.2) is 0 Å². The Morgan fingerprint density at radius 2 is 1.79 bits per heavy atom. The van der Waals surface area contributed by atoms with Crippen molar-refractivity contribution < 1.29 is 8.78 Å². The van der Waals surface area contributed by atoms with Gasteiger partial charge in [0.2, 0.25) is 0 Å². The van der Waals surface area contributed by atoms with Crippen molar-refractivity contribution in [3.8, 4) is 0 Å². The molecule has 1 unspecified atom stereocenters. The lowest BCUT2D eigenvalue weighted by molar-refractivity contribution is 0.578. The van der Waals surface area contributed by atoms with Crippen LogP contribution in [0.1, 0.15) is 17.2 Å². The molecule has 0 saturated carbocycles. The molecule has 2 rings (SSSR count). The van der Waals surface area contributed by atoms with Gasteiger partial charge in [-0.2, -0.15) is 0 Å². The number of halogens is 4. The summed E-state index contributed by atoms with van der Waals surface area (Å²) in [5, 5.41) is 0.712. The fraction of sp³-hybridized carbons (Fsp3) is 0.143. The van der Waals surface area contributed by atoms with Gasteiger partial charge >= 0.3 is 0 Å². The van der Waals surface area contributed by atoms with E-state index in [4.69, 9.17) is 28.9 Å². The third-order valence-electron chi connectivity index (χ3n) is 2.81. The first kappa shape index (κ1) is 14.3. The molecule has 5 heteroatoms. The summed E-state index contributed by atoms with van der Waals surface area (Å²) < 4.78 is 26.9. The second-order valence-corrected chi connectivity index (χ2v) is 5.06. The maximum Gasteiger partial charge on any atom is 0.129 e. The normalized spacial score (nSPS) is 12.5. The Morgan fingerprint density at radius 3 is 2.47 bits per heavy atom. The summed E-state index contributed by atoms with van der Waals surface area (Å²) in [6.45, 7) is 0. The van der Waals surface area contributed by atoms with E-state index in [1.807, 2.05) is 0 Å². The molecule has 0 aliphatic heterocycles. The third-order valence-corrected chi connectivity index (χ3v) is 3.41. The van der Waals surface area contributed by atoms with Crippen molar-refractivity contribution in [3.05, 3.63) is 69.2 Å². The van der Waals surface area contributed by atoms with Gasteiger partial charge in [-0.15, -0.1) is 0 Å². The zero-order valence-corrected chi connectivity index (χ0v) is 11.3. The van der Waals surface area contributed by atoms with Crippen molar-refractivity contribution in [2.45, 2.75) is 12.5 Å². The Labute approximate surface area is 119 Å². The standard InChI is InChI=1S/C14H11Cl2F2N/c15-9-1-3-11(13(18)7-9)14(19)6-8-5-10(17)2-4-12(8)16/h1-5,7,14H,6,19H2. The van der Waals surface area contributed by atoms with Gasteiger partial charge in [0.05, 0.1) is 0 Å². The van der Waals surface area contributed by atoms with Gasteiger partial charge in [-0.3, -0.25) is 0 Å². The topological polar surface area (TPSA) is 26.0 Å². The molecule has 0 spiro atoms. The van der Waals surface area contributed by atoms with Crippen LogP contribution in [0.2, 0.25) is 10.0 Å². The van der Waals surface area contributed by atoms with E-state index < -0.39 is 17.7 Å². The minimum atomic E-state index is -0.614. The predicted octanol–water partition coefficient (Wildman–Crippen LogP) is 4.51. The largest absolute Gasteiger partial charge is 0.324 e. The van der Waals surface area contributed by atoms with Gasteiger partial charge in [-0.1, -0.05) is 29.3 Å². The number of hydrogen-bond donors (Lipinski definition) is 1. The SMILES string of the molecule is NC(Cc1cc(F)ccc1Cl)c1ccc(Cl)cc1F. The summed E-state index contributed by atoms with van der Waals surface area (Å²) in [6.07, 6.45) is 0.245. The molecule has 100 valence electrons. The molecule has 0 radical (unpaired) electrons. The van der Waals surface area contributed by atoms with E-state index in [2.05, 4.69) is 0 Å². The zero-order chi connectivity index (χ0) is 14.0. The van der Waals surface area contributed by atoms with E-state index in [-0.39, 0.29) is 6.42 Å². The average molecular weight is 302 g/mol. The van der Waals surface area contributed by atoms with Crippen molar-refractivity contribution in [1.82, 2.24) is 0 Å². The van der Waals surface area contributed by atoms with Crippen molar-refractivity contribution in [2.75, 3.05) is 0 Å². The molecule has 0 aliphatic rings. The van der Waals surface area contributed by atoms with E-state index in [1.165, 1.54) is 30.3 Å². The minimum Gasteiger partial charge on any atom is -0.324 e. The second-order valence-electron chi connectivity index (χ2n) is 4.21. The number of hydrogen-bond acceptors (Lipinski definition) is 1. The maximum absolute atomic E-state index is 13.7. The van der Waals surface area contributed by atoms with Crippen LogP contribution in [0, 0.1) is 11.6 Å². The maximum atomic E-state index is 13.7. The molecule has 0 aliphatic carbocycles. The van der Waals surface area contributed by atoms with Crippen LogP contribution in [0.5, 0.6) is 0 Å². The highest BCUT2D eigenvalue weighted by molar-refractivity contribution is 6.31. The van der Waals surface area contributed by atoms with Crippen LogP contribution in [0.15, 0.2) is 36.4 Å². The first-order chi connectivity index (χ1) is 8.97. The van der Waals surface area contributed by atoms with Crippen LogP contribution >= 0.6 is 23.2 Å². The highest BCUT2D eigenvalue weighted by atomic mass is 35.5. The first-order valence-corrected chi connectivity index (χ1v) is 6.37. The fourth-order valence-corrected chi connectivity index (χ4v) is 2.20. The Balaban J connectivity index is 2.25. The molecule has 1 nitrogen and oxygen atoms in total. The molecular formula is C14H11Cl2F2N. The fourth-order valence-electron chi connectivity index (χ4n) is 1.85. The molecule has 2 aromatic rings. The second kappa shape index (κ2) is 5.87. The summed E-state index contributed by atoms with van der Waals surface area (Å²) >= 11 is 11.6. The Hall–Kier alpha value is -1.16. The summed E-state index contributed by atoms with van der Waals surface area (Å²) in [5.74, 6) is -0.879. The number of rotatable bonds is 3. The molecule has 0 fully saturated rings. The van der Waals surface area contributed by atoms with E-state index in [9.17, 15) is 8.78 Å².